The van der Waals surface area contributed by atoms with Crippen LogP contribution in [0.15, 0.2) is 30.3 Å². The van der Waals surface area contributed by atoms with Crippen molar-refractivity contribution in [3.05, 3.63) is 35.9 Å². The number of rotatable bonds is 5. The summed E-state index contributed by atoms with van der Waals surface area (Å²) in [6, 6.07) is 10.4. The van der Waals surface area contributed by atoms with E-state index in [1.165, 1.54) is 5.56 Å². The molecule has 2 aliphatic rings. The molecule has 3 atom stereocenters. The van der Waals surface area contributed by atoms with Gasteiger partial charge in [-0.3, -0.25) is 4.79 Å². The van der Waals surface area contributed by atoms with E-state index in [1.54, 1.807) is 0 Å². The zero-order chi connectivity index (χ0) is 15.4. The van der Waals surface area contributed by atoms with Crippen molar-refractivity contribution in [2.75, 3.05) is 19.8 Å². The van der Waals surface area contributed by atoms with Gasteiger partial charge in [-0.15, -0.1) is 0 Å². The van der Waals surface area contributed by atoms with E-state index in [2.05, 4.69) is 12.1 Å². The molecule has 0 bridgehead atoms. The molecule has 1 saturated carbocycles. The second kappa shape index (κ2) is 7.25. The van der Waals surface area contributed by atoms with Crippen LogP contribution in [0, 0.1) is 0 Å². The van der Waals surface area contributed by atoms with Crippen LogP contribution < -0.4 is 0 Å². The fourth-order valence-electron chi connectivity index (χ4n) is 3.66. The Bertz CT molecular complexity index is 490. The van der Waals surface area contributed by atoms with Crippen LogP contribution in [0.2, 0.25) is 0 Å². The maximum atomic E-state index is 12.6. The molecule has 120 valence electrons. The number of hydrogen-bond donors (Lipinski definition) is 0. The summed E-state index contributed by atoms with van der Waals surface area (Å²) < 4.78 is 11.7. The Balaban J connectivity index is 1.58. The van der Waals surface area contributed by atoms with E-state index < -0.39 is 0 Å². The van der Waals surface area contributed by atoms with Crippen molar-refractivity contribution in [3.8, 4) is 0 Å². The first-order valence-corrected chi connectivity index (χ1v) is 8.36. The highest BCUT2D eigenvalue weighted by atomic mass is 16.5. The van der Waals surface area contributed by atoms with E-state index >= 15 is 0 Å². The number of aryl methyl sites for hydroxylation is 1. The molecule has 0 radical (unpaired) electrons. The molecule has 3 rings (SSSR count). The average molecular weight is 303 g/mol. The first-order chi connectivity index (χ1) is 10.8. The molecule has 4 nitrogen and oxygen atoms in total. The van der Waals surface area contributed by atoms with E-state index in [1.807, 2.05) is 30.0 Å². The molecule has 1 saturated heterocycles. The van der Waals surface area contributed by atoms with Gasteiger partial charge in [0.05, 0.1) is 18.8 Å². The van der Waals surface area contributed by atoms with Gasteiger partial charge >= 0.3 is 0 Å². The van der Waals surface area contributed by atoms with Crippen molar-refractivity contribution in [1.82, 2.24) is 4.90 Å². The molecular formula is C18H25NO3. The largest absolute Gasteiger partial charge is 0.376 e. The van der Waals surface area contributed by atoms with Gasteiger partial charge in [0, 0.05) is 19.6 Å². The molecule has 0 spiro atoms. The molecule has 1 aliphatic carbocycles. The second-order valence-corrected chi connectivity index (χ2v) is 6.05. The summed E-state index contributed by atoms with van der Waals surface area (Å²) in [5.41, 5.74) is 1.22. The number of benzene rings is 1. The van der Waals surface area contributed by atoms with Crippen molar-refractivity contribution in [2.24, 2.45) is 0 Å². The lowest BCUT2D eigenvalue weighted by Crippen LogP contribution is -2.53. The predicted molar refractivity (Wildman–Crippen MR) is 84.7 cm³/mol. The molecule has 0 unspecified atom stereocenters. The third-order valence-electron chi connectivity index (χ3n) is 4.71. The summed E-state index contributed by atoms with van der Waals surface area (Å²) >= 11 is 0. The molecule has 1 aromatic carbocycles. The van der Waals surface area contributed by atoms with Crippen molar-refractivity contribution >= 4 is 5.91 Å². The molecule has 22 heavy (non-hydrogen) atoms. The Morgan fingerprint density at radius 3 is 2.91 bits per heavy atom. The molecule has 4 heteroatoms. The van der Waals surface area contributed by atoms with E-state index in [-0.39, 0.29) is 24.2 Å². The highest BCUT2D eigenvalue weighted by Gasteiger charge is 2.44. The fourth-order valence-corrected chi connectivity index (χ4v) is 3.66. The Hall–Kier alpha value is -1.39. The van der Waals surface area contributed by atoms with E-state index in [9.17, 15) is 4.79 Å². The van der Waals surface area contributed by atoms with Crippen LogP contribution in [-0.4, -0.2) is 48.8 Å². The highest BCUT2D eigenvalue weighted by Crippen LogP contribution is 2.32. The van der Waals surface area contributed by atoms with Gasteiger partial charge in [-0.25, -0.2) is 0 Å². The molecule has 1 amide bonds. The lowest BCUT2D eigenvalue weighted by molar-refractivity contribution is -0.151. The van der Waals surface area contributed by atoms with Gasteiger partial charge in [-0.1, -0.05) is 30.3 Å². The number of carbonyl (C=O) groups excluding carboxylic acids is 1. The number of hydrogen-bond acceptors (Lipinski definition) is 3. The minimum atomic E-state index is 0.0642. The van der Waals surface area contributed by atoms with E-state index in [0.29, 0.717) is 26.2 Å². The molecule has 2 fully saturated rings. The lowest BCUT2D eigenvalue weighted by atomic mass is 10.1. The number of ether oxygens (including phenoxy) is 2. The van der Waals surface area contributed by atoms with Gasteiger partial charge in [0.15, 0.2) is 0 Å². The SMILES string of the molecule is CCO[C@H]1CC[C@H]2[C@H]1OCCN2C(=O)CCc1ccccc1. The molecular weight excluding hydrogens is 278 g/mol. The first kappa shape index (κ1) is 15.5. The quantitative estimate of drug-likeness (QED) is 0.838. The van der Waals surface area contributed by atoms with Crippen LogP contribution >= 0.6 is 0 Å². The molecule has 1 aromatic rings. The first-order valence-electron chi connectivity index (χ1n) is 8.36. The van der Waals surface area contributed by atoms with Gasteiger partial charge in [-0.05, 0) is 31.7 Å². The number of nitrogens with zero attached hydrogens (tertiary/aromatic N) is 1. The van der Waals surface area contributed by atoms with Crippen molar-refractivity contribution < 1.29 is 14.3 Å². The number of carbonyl (C=O) groups is 1. The van der Waals surface area contributed by atoms with E-state index in [4.69, 9.17) is 9.47 Å². The minimum Gasteiger partial charge on any atom is -0.376 e. The second-order valence-electron chi connectivity index (χ2n) is 6.05. The molecule has 1 heterocycles. The summed E-state index contributed by atoms with van der Waals surface area (Å²) in [5.74, 6) is 0.249. The lowest BCUT2D eigenvalue weighted by Gasteiger charge is -2.39. The Labute approximate surface area is 132 Å². The smallest absolute Gasteiger partial charge is 0.223 e. The summed E-state index contributed by atoms with van der Waals surface area (Å²) in [6.07, 6.45) is 3.59. The van der Waals surface area contributed by atoms with Gasteiger partial charge in [0.25, 0.3) is 0 Å². The summed E-state index contributed by atoms with van der Waals surface area (Å²) in [4.78, 5) is 14.6. The van der Waals surface area contributed by atoms with Gasteiger partial charge in [0.1, 0.15) is 6.10 Å². The standard InChI is InChI=1S/C18H25NO3/c1-2-21-16-10-9-15-18(16)22-13-12-19(15)17(20)11-8-14-6-4-3-5-7-14/h3-7,15-16,18H,2,8-13H2,1H3/t15-,16-,18+/m0/s1. The number of fused-ring (bicyclic) bond motifs is 1. The molecule has 0 aromatic heterocycles. The van der Waals surface area contributed by atoms with Crippen LogP contribution in [0.4, 0.5) is 0 Å². The van der Waals surface area contributed by atoms with Crippen LogP contribution in [0.25, 0.3) is 0 Å². The number of amides is 1. The van der Waals surface area contributed by atoms with Crippen molar-refractivity contribution in [1.29, 1.82) is 0 Å². The topological polar surface area (TPSA) is 38.8 Å². The average Bonchev–Trinajstić information content (AvgIpc) is 2.97. The minimum absolute atomic E-state index is 0.0642. The fraction of sp³-hybridized carbons (Fsp3) is 0.611. The normalized spacial score (nSPS) is 27.7. The Morgan fingerprint density at radius 2 is 2.14 bits per heavy atom. The third-order valence-corrected chi connectivity index (χ3v) is 4.71. The summed E-state index contributed by atoms with van der Waals surface area (Å²) in [5, 5.41) is 0. The molecule has 0 N–H and O–H groups in total. The van der Waals surface area contributed by atoms with Crippen molar-refractivity contribution in [2.45, 2.75) is 50.9 Å². The van der Waals surface area contributed by atoms with Crippen LogP contribution in [-0.2, 0) is 20.7 Å². The molecule has 1 aliphatic heterocycles. The summed E-state index contributed by atoms with van der Waals surface area (Å²) in [7, 11) is 0. The van der Waals surface area contributed by atoms with Gasteiger partial charge in [0.2, 0.25) is 5.91 Å². The van der Waals surface area contributed by atoms with Crippen LogP contribution in [0.5, 0.6) is 0 Å². The monoisotopic (exact) mass is 303 g/mol. The maximum Gasteiger partial charge on any atom is 0.223 e. The Morgan fingerprint density at radius 1 is 1.32 bits per heavy atom. The van der Waals surface area contributed by atoms with Gasteiger partial charge < -0.3 is 14.4 Å². The zero-order valence-corrected chi connectivity index (χ0v) is 13.2. The van der Waals surface area contributed by atoms with Crippen LogP contribution in [0.1, 0.15) is 31.7 Å². The van der Waals surface area contributed by atoms with Crippen LogP contribution in [0.3, 0.4) is 0 Å². The van der Waals surface area contributed by atoms with Crippen molar-refractivity contribution in [3.63, 3.8) is 0 Å². The Kier molecular flexibility index (Phi) is 5.11. The summed E-state index contributed by atoms with van der Waals surface area (Å²) in [6.45, 7) is 4.06. The van der Waals surface area contributed by atoms with E-state index in [0.717, 1.165) is 19.3 Å². The maximum absolute atomic E-state index is 12.6. The highest BCUT2D eigenvalue weighted by molar-refractivity contribution is 5.77. The third kappa shape index (κ3) is 3.33. The zero-order valence-electron chi connectivity index (χ0n) is 13.2. The van der Waals surface area contributed by atoms with Gasteiger partial charge in [-0.2, -0.15) is 0 Å². The number of morpholine rings is 1. The predicted octanol–water partition coefficient (Wildman–Crippen LogP) is 2.41.